The Kier molecular flexibility index (Phi) is 3.51. The molecule has 0 N–H and O–H groups in total. The number of hydrogen-bond acceptors (Lipinski definition) is 4. The molecule has 2 aromatic rings. The molecule has 0 bridgehead atoms. The van der Waals surface area contributed by atoms with Crippen LogP contribution in [-0.4, -0.2) is 34.1 Å². The largest absolute Gasteiger partial charge is 0.474 e. The lowest BCUT2D eigenvalue weighted by Gasteiger charge is -2.11. The molecule has 0 spiro atoms. The first-order valence-corrected chi connectivity index (χ1v) is 7.95. The summed E-state index contributed by atoms with van der Waals surface area (Å²) in [4.78, 5) is 4.55. The molecule has 0 radical (unpaired) electrons. The standard InChI is InChI=1S/C16H21N3O2/c1-2-4-14(3-1)21-15-6-5-13-10-19(18-16(13)17-15)9-12-7-8-20-11-12/h5-6,10,12,14H,1-4,7-9,11H2. The maximum absolute atomic E-state index is 5.95. The van der Waals surface area contributed by atoms with Crippen molar-refractivity contribution in [3.63, 3.8) is 0 Å². The average Bonchev–Trinajstić information content (AvgIpc) is 3.19. The maximum atomic E-state index is 5.95. The van der Waals surface area contributed by atoms with E-state index in [9.17, 15) is 0 Å². The summed E-state index contributed by atoms with van der Waals surface area (Å²) in [5.41, 5.74) is 0.782. The zero-order chi connectivity index (χ0) is 14.1. The molecule has 1 unspecified atom stereocenters. The molecule has 1 aliphatic carbocycles. The van der Waals surface area contributed by atoms with E-state index < -0.39 is 0 Å². The highest BCUT2D eigenvalue weighted by Gasteiger charge is 2.19. The van der Waals surface area contributed by atoms with Gasteiger partial charge in [-0.15, -0.1) is 0 Å². The van der Waals surface area contributed by atoms with Crippen LogP contribution in [0.5, 0.6) is 5.88 Å². The van der Waals surface area contributed by atoms with E-state index in [1.807, 2.05) is 10.7 Å². The fraction of sp³-hybridized carbons (Fsp3) is 0.625. The lowest BCUT2D eigenvalue weighted by molar-refractivity contribution is 0.181. The summed E-state index contributed by atoms with van der Waals surface area (Å²) in [5.74, 6) is 1.29. The van der Waals surface area contributed by atoms with Crippen molar-refractivity contribution in [1.29, 1.82) is 0 Å². The zero-order valence-electron chi connectivity index (χ0n) is 12.2. The fourth-order valence-electron chi connectivity index (χ4n) is 3.26. The van der Waals surface area contributed by atoms with Gasteiger partial charge in [-0.1, -0.05) is 0 Å². The number of rotatable bonds is 4. The Morgan fingerprint density at radius 3 is 2.95 bits per heavy atom. The van der Waals surface area contributed by atoms with E-state index in [0.717, 1.165) is 50.1 Å². The molecule has 2 aliphatic rings. The summed E-state index contributed by atoms with van der Waals surface area (Å²) in [5, 5.41) is 5.66. The van der Waals surface area contributed by atoms with Gasteiger partial charge in [0.2, 0.25) is 5.88 Å². The quantitative estimate of drug-likeness (QED) is 0.867. The van der Waals surface area contributed by atoms with E-state index in [1.54, 1.807) is 0 Å². The second kappa shape index (κ2) is 5.64. The number of ether oxygens (including phenoxy) is 2. The number of fused-ring (bicyclic) bond motifs is 1. The van der Waals surface area contributed by atoms with Gasteiger partial charge in [0, 0.05) is 36.7 Å². The van der Waals surface area contributed by atoms with Crippen molar-refractivity contribution < 1.29 is 9.47 Å². The Morgan fingerprint density at radius 1 is 1.24 bits per heavy atom. The van der Waals surface area contributed by atoms with E-state index in [4.69, 9.17) is 9.47 Å². The Labute approximate surface area is 124 Å². The van der Waals surface area contributed by atoms with Crippen LogP contribution >= 0.6 is 0 Å². The van der Waals surface area contributed by atoms with Gasteiger partial charge in [-0.3, -0.25) is 4.68 Å². The van der Waals surface area contributed by atoms with Crippen LogP contribution in [0.2, 0.25) is 0 Å². The molecule has 1 saturated heterocycles. The first kappa shape index (κ1) is 13.1. The van der Waals surface area contributed by atoms with Crippen molar-refractivity contribution in [2.45, 2.75) is 44.8 Å². The lowest BCUT2D eigenvalue weighted by Crippen LogP contribution is -2.12. The highest BCUT2D eigenvalue weighted by atomic mass is 16.5. The minimum absolute atomic E-state index is 0.340. The van der Waals surface area contributed by atoms with E-state index in [1.165, 1.54) is 12.8 Å². The van der Waals surface area contributed by atoms with Crippen molar-refractivity contribution in [3.8, 4) is 5.88 Å². The molecule has 2 aromatic heterocycles. The van der Waals surface area contributed by atoms with Crippen LogP contribution in [0.15, 0.2) is 18.3 Å². The third kappa shape index (κ3) is 2.88. The molecular weight excluding hydrogens is 266 g/mol. The molecule has 5 nitrogen and oxygen atoms in total. The predicted octanol–water partition coefficient (Wildman–Crippen LogP) is 2.79. The number of hydrogen-bond donors (Lipinski definition) is 0. The molecule has 21 heavy (non-hydrogen) atoms. The second-order valence-corrected chi connectivity index (χ2v) is 6.17. The van der Waals surface area contributed by atoms with Gasteiger partial charge in [-0.05, 0) is 38.2 Å². The third-order valence-corrected chi connectivity index (χ3v) is 4.45. The summed E-state index contributed by atoms with van der Waals surface area (Å²) in [6.07, 6.45) is 8.37. The van der Waals surface area contributed by atoms with Crippen molar-refractivity contribution in [1.82, 2.24) is 14.8 Å². The molecule has 3 heterocycles. The molecule has 5 heteroatoms. The summed E-state index contributed by atoms with van der Waals surface area (Å²) < 4.78 is 13.4. The topological polar surface area (TPSA) is 49.2 Å². The van der Waals surface area contributed by atoms with Crippen LogP contribution in [0.4, 0.5) is 0 Å². The smallest absolute Gasteiger partial charge is 0.215 e. The maximum Gasteiger partial charge on any atom is 0.215 e. The Morgan fingerprint density at radius 2 is 2.14 bits per heavy atom. The summed E-state index contributed by atoms with van der Waals surface area (Å²) in [6.45, 7) is 2.64. The molecule has 1 aliphatic heterocycles. The predicted molar refractivity (Wildman–Crippen MR) is 79.3 cm³/mol. The Balaban J connectivity index is 1.50. The molecule has 112 valence electrons. The van der Waals surface area contributed by atoms with Crippen LogP contribution in [0.25, 0.3) is 11.0 Å². The first-order chi connectivity index (χ1) is 10.4. The van der Waals surface area contributed by atoms with E-state index >= 15 is 0 Å². The number of aromatic nitrogens is 3. The normalized spacial score (nSPS) is 23.1. The van der Waals surface area contributed by atoms with Gasteiger partial charge in [0.15, 0.2) is 5.65 Å². The van der Waals surface area contributed by atoms with E-state index in [0.29, 0.717) is 17.9 Å². The average molecular weight is 287 g/mol. The zero-order valence-corrected chi connectivity index (χ0v) is 12.2. The van der Waals surface area contributed by atoms with Crippen LogP contribution in [0.1, 0.15) is 32.1 Å². The lowest BCUT2D eigenvalue weighted by atomic mass is 10.1. The van der Waals surface area contributed by atoms with Gasteiger partial charge in [-0.25, -0.2) is 0 Å². The second-order valence-electron chi connectivity index (χ2n) is 6.17. The molecule has 1 atom stereocenters. The van der Waals surface area contributed by atoms with Crippen LogP contribution < -0.4 is 4.74 Å². The summed E-state index contributed by atoms with van der Waals surface area (Å²) in [6, 6.07) is 4.02. The van der Waals surface area contributed by atoms with Crippen molar-refractivity contribution >= 4 is 11.0 Å². The minimum Gasteiger partial charge on any atom is -0.474 e. The Hall–Kier alpha value is -1.62. The molecular formula is C16H21N3O2. The van der Waals surface area contributed by atoms with Crippen molar-refractivity contribution in [3.05, 3.63) is 18.3 Å². The molecule has 1 saturated carbocycles. The highest BCUT2D eigenvalue weighted by molar-refractivity contribution is 5.74. The van der Waals surface area contributed by atoms with Gasteiger partial charge in [0.25, 0.3) is 0 Å². The molecule has 4 rings (SSSR count). The van der Waals surface area contributed by atoms with Crippen LogP contribution in [0.3, 0.4) is 0 Å². The summed E-state index contributed by atoms with van der Waals surface area (Å²) >= 11 is 0. The van der Waals surface area contributed by atoms with E-state index in [-0.39, 0.29) is 0 Å². The van der Waals surface area contributed by atoms with Crippen molar-refractivity contribution in [2.75, 3.05) is 13.2 Å². The third-order valence-electron chi connectivity index (χ3n) is 4.45. The molecule has 2 fully saturated rings. The molecule has 0 amide bonds. The monoisotopic (exact) mass is 287 g/mol. The van der Waals surface area contributed by atoms with Gasteiger partial charge in [0.05, 0.1) is 6.61 Å². The number of pyridine rings is 1. The van der Waals surface area contributed by atoms with Crippen LogP contribution in [0, 0.1) is 5.92 Å². The number of nitrogens with zero attached hydrogens (tertiary/aromatic N) is 3. The van der Waals surface area contributed by atoms with Gasteiger partial charge in [0.1, 0.15) is 6.10 Å². The van der Waals surface area contributed by atoms with Crippen molar-refractivity contribution in [2.24, 2.45) is 5.92 Å². The van der Waals surface area contributed by atoms with Crippen LogP contribution in [-0.2, 0) is 11.3 Å². The van der Waals surface area contributed by atoms with Gasteiger partial charge < -0.3 is 9.47 Å². The molecule has 0 aromatic carbocycles. The minimum atomic E-state index is 0.340. The fourth-order valence-corrected chi connectivity index (χ4v) is 3.26. The van der Waals surface area contributed by atoms with Gasteiger partial charge >= 0.3 is 0 Å². The Bertz CT molecular complexity index is 597. The highest BCUT2D eigenvalue weighted by Crippen LogP contribution is 2.24. The SMILES string of the molecule is c1cc2cn(CC3CCOC3)nc2nc1OC1CCCC1. The first-order valence-electron chi connectivity index (χ1n) is 7.95. The van der Waals surface area contributed by atoms with Gasteiger partial charge in [-0.2, -0.15) is 10.1 Å². The summed E-state index contributed by atoms with van der Waals surface area (Å²) in [7, 11) is 0. The van der Waals surface area contributed by atoms with E-state index in [2.05, 4.69) is 22.3 Å².